The van der Waals surface area contributed by atoms with E-state index in [1.165, 1.54) is 19.2 Å². The monoisotopic (exact) mass is 442 g/mol. The molecule has 2 rings (SSSR count). The maximum Gasteiger partial charge on any atom is 0.339 e. The minimum Gasteiger partial charge on any atom is -0.497 e. The van der Waals surface area contributed by atoms with E-state index in [2.05, 4.69) is 21.2 Å². The van der Waals surface area contributed by atoms with E-state index >= 15 is 0 Å². The Bertz CT molecular complexity index is 946. The highest BCUT2D eigenvalue weighted by molar-refractivity contribution is 9.10. The number of primary sulfonamides is 1. The van der Waals surface area contributed by atoms with Crippen LogP contribution in [0.5, 0.6) is 5.75 Å². The molecule has 8 nitrogen and oxygen atoms in total. The summed E-state index contributed by atoms with van der Waals surface area (Å²) in [7, 11) is -2.48. The van der Waals surface area contributed by atoms with Gasteiger partial charge < -0.3 is 14.8 Å². The van der Waals surface area contributed by atoms with Gasteiger partial charge in [0.2, 0.25) is 10.0 Å². The van der Waals surface area contributed by atoms with Crippen LogP contribution < -0.4 is 15.2 Å². The summed E-state index contributed by atoms with van der Waals surface area (Å²) in [5, 5.41) is 7.59. The predicted octanol–water partition coefficient (Wildman–Crippen LogP) is 1.90. The molecule has 0 saturated heterocycles. The molecule has 0 aliphatic carbocycles. The maximum atomic E-state index is 12.1. The first-order valence-corrected chi connectivity index (χ1v) is 9.48. The largest absolute Gasteiger partial charge is 0.497 e. The average molecular weight is 443 g/mol. The van der Waals surface area contributed by atoms with Crippen molar-refractivity contribution in [3.8, 4) is 5.75 Å². The number of halogens is 1. The van der Waals surface area contributed by atoms with Gasteiger partial charge in [-0.15, -0.1) is 0 Å². The minimum atomic E-state index is -3.97. The Balaban J connectivity index is 2.03. The van der Waals surface area contributed by atoms with Crippen LogP contribution in [-0.2, 0) is 19.6 Å². The zero-order chi connectivity index (χ0) is 19.3. The van der Waals surface area contributed by atoms with Crippen molar-refractivity contribution < 1.29 is 27.5 Å². The summed E-state index contributed by atoms with van der Waals surface area (Å²) in [5.74, 6) is -0.878. The van der Waals surface area contributed by atoms with Gasteiger partial charge in [0.25, 0.3) is 5.91 Å². The SMILES string of the molecule is COc1cccc(NC(=O)COC(=O)c2cc(S(N)(=O)=O)ccc2Br)c1. The molecule has 0 heterocycles. The van der Waals surface area contributed by atoms with Crippen molar-refractivity contribution in [3.05, 3.63) is 52.5 Å². The molecular weight excluding hydrogens is 428 g/mol. The molecule has 2 aromatic rings. The molecule has 0 saturated carbocycles. The molecule has 0 aliphatic heterocycles. The number of esters is 1. The third kappa shape index (κ3) is 5.28. The van der Waals surface area contributed by atoms with Gasteiger partial charge in [0.1, 0.15) is 5.75 Å². The quantitative estimate of drug-likeness (QED) is 0.658. The fourth-order valence-corrected chi connectivity index (χ4v) is 2.89. The van der Waals surface area contributed by atoms with Gasteiger partial charge in [0, 0.05) is 16.2 Å². The van der Waals surface area contributed by atoms with E-state index < -0.39 is 28.5 Å². The van der Waals surface area contributed by atoms with Crippen molar-refractivity contribution in [2.45, 2.75) is 4.90 Å². The fraction of sp³-hybridized carbons (Fsp3) is 0.125. The second-order valence-electron chi connectivity index (χ2n) is 5.04. The van der Waals surface area contributed by atoms with Crippen molar-refractivity contribution in [1.29, 1.82) is 0 Å². The first kappa shape index (κ1) is 19.9. The van der Waals surface area contributed by atoms with E-state index in [0.717, 1.165) is 6.07 Å². The number of hydrogen-bond donors (Lipinski definition) is 2. The number of hydrogen-bond acceptors (Lipinski definition) is 6. The Morgan fingerprint density at radius 3 is 2.58 bits per heavy atom. The van der Waals surface area contributed by atoms with E-state index in [1.54, 1.807) is 24.3 Å². The molecule has 3 N–H and O–H groups in total. The van der Waals surface area contributed by atoms with E-state index in [1.807, 2.05) is 0 Å². The smallest absolute Gasteiger partial charge is 0.339 e. The van der Waals surface area contributed by atoms with Crippen molar-refractivity contribution in [2.24, 2.45) is 5.14 Å². The molecule has 0 fully saturated rings. The van der Waals surface area contributed by atoms with Gasteiger partial charge >= 0.3 is 5.97 Å². The second kappa shape index (κ2) is 8.30. The Morgan fingerprint density at radius 2 is 1.92 bits per heavy atom. The number of nitrogens with one attached hydrogen (secondary N) is 1. The van der Waals surface area contributed by atoms with Gasteiger partial charge in [0.15, 0.2) is 6.61 Å². The highest BCUT2D eigenvalue weighted by Gasteiger charge is 2.17. The predicted molar refractivity (Wildman–Crippen MR) is 97.4 cm³/mol. The molecule has 138 valence electrons. The molecule has 0 aliphatic rings. The summed E-state index contributed by atoms with van der Waals surface area (Å²) in [6, 6.07) is 10.3. The summed E-state index contributed by atoms with van der Waals surface area (Å²) in [6.45, 7) is -0.553. The summed E-state index contributed by atoms with van der Waals surface area (Å²) >= 11 is 3.12. The number of sulfonamides is 1. The Kier molecular flexibility index (Phi) is 6.35. The minimum absolute atomic E-state index is 0.0642. The zero-order valence-electron chi connectivity index (χ0n) is 13.6. The standard InChI is InChI=1S/C16H15BrN2O6S/c1-24-11-4-2-3-10(7-11)19-15(20)9-25-16(21)13-8-12(26(18,22)23)5-6-14(13)17/h2-8H,9H2,1H3,(H,19,20)(H2,18,22,23). The number of carbonyl (C=O) groups is 2. The van der Waals surface area contributed by atoms with Crippen molar-refractivity contribution in [3.63, 3.8) is 0 Å². The molecule has 0 bridgehead atoms. The molecule has 26 heavy (non-hydrogen) atoms. The van der Waals surface area contributed by atoms with Gasteiger partial charge in [-0.05, 0) is 46.3 Å². The summed E-state index contributed by atoms with van der Waals surface area (Å²) < 4.78 is 33.0. The number of nitrogens with two attached hydrogens (primary N) is 1. The summed E-state index contributed by atoms with van der Waals surface area (Å²) in [4.78, 5) is 23.8. The van der Waals surface area contributed by atoms with E-state index in [-0.39, 0.29) is 10.5 Å². The van der Waals surface area contributed by atoms with E-state index in [9.17, 15) is 18.0 Å². The van der Waals surface area contributed by atoms with Crippen LogP contribution in [0.1, 0.15) is 10.4 Å². The van der Waals surface area contributed by atoms with Gasteiger partial charge in [-0.25, -0.2) is 18.4 Å². The molecule has 0 spiro atoms. The average Bonchev–Trinajstić information content (AvgIpc) is 2.59. The number of benzene rings is 2. The lowest BCUT2D eigenvalue weighted by Crippen LogP contribution is -2.21. The third-order valence-corrected chi connectivity index (χ3v) is 4.78. The van der Waals surface area contributed by atoms with Crippen LogP contribution >= 0.6 is 15.9 Å². The van der Waals surface area contributed by atoms with Crippen LogP contribution in [0, 0.1) is 0 Å². The third-order valence-electron chi connectivity index (χ3n) is 3.17. The molecule has 0 unspecified atom stereocenters. The molecule has 2 aromatic carbocycles. The number of carbonyl (C=O) groups excluding carboxylic acids is 2. The van der Waals surface area contributed by atoms with Crippen LogP contribution in [0.2, 0.25) is 0 Å². The topological polar surface area (TPSA) is 125 Å². The van der Waals surface area contributed by atoms with Gasteiger partial charge in [-0.2, -0.15) is 0 Å². The van der Waals surface area contributed by atoms with Crippen molar-refractivity contribution >= 4 is 43.5 Å². The van der Waals surface area contributed by atoms with E-state index in [4.69, 9.17) is 14.6 Å². The molecule has 1 amide bonds. The second-order valence-corrected chi connectivity index (χ2v) is 7.46. The Labute approximate surface area is 158 Å². The highest BCUT2D eigenvalue weighted by Crippen LogP contribution is 2.21. The number of ether oxygens (including phenoxy) is 2. The van der Waals surface area contributed by atoms with Crippen LogP contribution in [0.4, 0.5) is 5.69 Å². The molecule has 10 heteroatoms. The zero-order valence-corrected chi connectivity index (χ0v) is 16.0. The normalized spacial score (nSPS) is 10.9. The Morgan fingerprint density at radius 1 is 1.19 bits per heavy atom. The van der Waals surface area contributed by atoms with E-state index in [0.29, 0.717) is 15.9 Å². The maximum absolute atomic E-state index is 12.1. The lowest BCUT2D eigenvalue weighted by Gasteiger charge is -2.09. The summed E-state index contributed by atoms with van der Waals surface area (Å²) in [5.41, 5.74) is 0.411. The summed E-state index contributed by atoms with van der Waals surface area (Å²) in [6.07, 6.45) is 0. The van der Waals surface area contributed by atoms with Crippen LogP contribution in [0.3, 0.4) is 0 Å². The molecule has 0 aromatic heterocycles. The van der Waals surface area contributed by atoms with Crippen LogP contribution in [0.15, 0.2) is 51.8 Å². The number of methoxy groups -OCH3 is 1. The van der Waals surface area contributed by atoms with Crippen LogP contribution in [0.25, 0.3) is 0 Å². The van der Waals surface area contributed by atoms with Gasteiger partial charge in [0.05, 0.1) is 17.6 Å². The van der Waals surface area contributed by atoms with Gasteiger partial charge in [-0.1, -0.05) is 6.07 Å². The van der Waals surface area contributed by atoms with Crippen LogP contribution in [-0.4, -0.2) is 34.0 Å². The van der Waals surface area contributed by atoms with Crippen molar-refractivity contribution in [1.82, 2.24) is 0 Å². The first-order chi connectivity index (χ1) is 12.2. The van der Waals surface area contributed by atoms with Crippen molar-refractivity contribution in [2.75, 3.05) is 19.0 Å². The fourth-order valence-electron chi connectivity index (χ4n) is 1.94. The number of amides is 1. The highest BCUT2D eigenvalue weighted by atomic mass is 79.9. The number of rotatable bonds is 6. The molecule has 0 radical (unpaired) electrons. The van der Waals surface area contributed by atoms with Gasteiger partial charge in [-0.3, -0.25) is 4.79 Å². The first-order valence-electron chi connectivity index (χ1n) is 7.14. The molecule has 0 atom stereocenters. The molecular formula is C16H15BrN2O6S. The lowest BCUT2D eigenvalue weighted by molar-refractivity contribution is -0.119. The number of anilines is 1. The Hall–Kier alpha value is -2.43. The lowest BCUT2D eigenvalue weighted by atomic mass is 10.2.